The lowest BCUT2D eigenvalue weighted by Gasteiger charge is -2.10. The zero-order valence-electron chi connectivity index (χ0n) is 21.0. The normalized spacial score (nSPS) is 10.7. The van der Waals surface area contributed by atoms with Crippen LogP contribution in [0.1, 0.15) is 15.2 Å². The molecule has 2 aromatic heterocycles. The van der Waals surface area contributed by atoms with Crippen molar-refractivity contribution >= 4 is 40.0 Å². The topological polar surface area (TPSA) is 105 Å². The third-order valence-corrected chi connectivity index (χ3v) is 7.64. The number of anilines is 1. The van der Waals surface area contributed by atoms with Crippen LogP contribution in [0.25, 0.3) is 22.5 Å². The average Bonchev–Trinajstić information content (AvgIpc) is 3.45. The molecule has 0 unspecified atom stereocenters. The van der Waals surface area contributed by atoms with Crippen LogP contribution in [-0.2, 0) is 16.6 Å². The minimum atomic E-state index is -0.501. The Kier molecular flexibility index (Phi) is 8.14. The number of carbonyl (C=O) groups is 2. The highest BCUT2D eigenvalue weighted by Gasteiger charge is 2.25. The molecule has 37 heavy (non-hydrogen) atoms. The molecule has 0 radical (unpaired) electrons. The van der Waals surface area contributed by atoms with Crippen LogP contribution < -0.4 is 14.8 Å². The fraction of sp³-hybridized carbons (Fsp3) is 0.231. The summed E-state index contributed by atoms with van der Waals surface area (Å²) in [7, 11) is 6.31. The predicted octanol–water partition coefficient (Wildman–Crippen LogP) is 5.05. The van der Waals surface area contributed by atoms with E-state index in [0.29, 0.717) is 33.0 Å². The second-order valence-electron chi connectivity index (χ2n) is 7.87. The molecule has 0 fully saturated rings. The Hall–Kier alpha value is -3.83. The standard InChI is InChI=1S/C26H26N4O5S2/c1-15-21(16-9-7-6-8-10-16)22(25(32)35-5)24(37-15)27-20(31)14-36-26-29-28-23(30(26)2)17-11-12-18(33-3)19(13-17)34-4/h6-13H,14H2,1-5H3,(H,27,31). The number of hydrogen-bond donors (Lipinski definition) is 1. The zero-order chi connectivity index (χ0) is 26.5. The Morgan fingerprint density at radius 3 is 2.41 bits per heavy atom. The maximum Gasteiger partial charge on any atom is 0.341 e. The van der Waals surface area contributed by atoms with Crippen molar-refractivity contribution in [3.8, 4) is 34.0 Å². The van der Waals surface area contributed by atoms with E-state index >= 15 is 0 Å². The Morgan fingerprint density at radius 2 is 1.73 bits per heavy atom. The molecule has 0 aliphatic carbocycles. The Bertz CT molecular complexity index is 1430. The molecular formula is C26H26N4O5S2. The van der Waals surface area contributed by atoms with Gasteiger partial charge in [0.1, 0.15) is 10.6 Å². The molecule has 0 bridgehead atoms. The van der Waals surface area contributed by atoms with Gasteiger partial charge in [0.15, 0.2) is 22.5 Å². The number of methoxy groups -OCH3 is 3. The number of rotatable bonds is 9. The van der Waals surface area contributed by atoms with Crippen molar-refractivity contribution in [2.24, 2.45) is 7.05 Å². The first-order valence-corrected chi connectivity index (χ1v) is 13.0. The summed E-state index contributed by atoms with van der Waals surface area (Å²) < 4.78 is 17.5. The number of nitrogens with one attached hydrogen (secondary N) is 1. The fourth-order valence-electron chi connectivity index (χ4n) is 3.84. The van der Waals surface area contributed by atoms with Crippen molar-refractivity contribution < 1.29 is 23.8 Å². The first-order valence-electron chi connectivity index (χ1n) is 11.2. The van der Waals surface area contributed by atoms with E-state index in [1.807, 2.05) is 61.0 Å². The average molecular weight is 539 g/mol. The molecule has 192 valence electrons. The van der Waals surface area contributed by atoms with Crippen LogP contribution in [0.4, 0.5) is 5.00 Å². The van der Waals surface area contributed by atoms with Crippen molar-refractivity contribution in [3.63, 3.8) is 0 Å². The SMILES string of the molecule is COC(=O)c1c(NC(=O)CSc2nnc(-c3ccc(OC)c(OC)c3)n2C)sc(C)c1-c1ccccc1. The molecule has 0 spiro atoms. The van der Waals surface area contributed by atoms with Crippen molar-refractivity contribution in [2.75, 3.05) is 32.4 Å². The Morgan fingerprint density at radius 1 is 1.00 bits per heavy atom. The zero-order valence-corrected chi connectivity index (χ0v) is 22.7. The van der Waals surface area contributed by atoms with Crippen molar-refractivity contribution in [3.05, 3.63) is 59.0 Å². The number of thioether (sulfide) groups is 1. The van der Waals surface area contributed by atoms with E-state index in [9.17, 15) is 9.59 Å². The number of aromatic nitrogens is 3. The minimum Gasteiger partial charge on any atom is -0.493 e. The number of aryl methyl sites for hydroxylation is 1. The van der Waals surface area contributed by atoms with E-state index in [1.54, 1.807) is 20.3 Å². The highest BCUT2D eigenvalue weighted by atomic mass is 32.2. The number of nitrogens with zero attached hydrogens (tertiary/aromatic N) is 3. The third kappa shape index (κ3) is 5.47. The van der Waals surface area contributed by atoms with Crippen molar-refractivity contribution in [1.82, 2.24) is 14.8 Å². The summed E-state index contributed by atoms with van der Waals surface area (Å²) in [6, 6.07) is 15.0. The molecule has 2 heterocycles. The van der Waals surface area contributed by atoms with Gasteiger partial charge in [-0.3, -0.25) is 4.79 Å². The molecule has 4 rings (SSSR count). The quantitative estimate of drug-likeness (QED) is 0.233. The lowest BCUT2D eigenvalue weighted by Crippen LogP contribution is -2.16. The van der Waals surface area contributed by atoms with Gasteiger partial charge in [-0.1, -0.05) is 42.1 Å². The van der Waals surface area contributed by atoms with Crippen LogP contribution in [0.15, 0.2) is 53.7 Å². The fourth-order valence-corrected chi connectivity index (χ4v) is 5.63. The Labute approximate surface area is 222 Å². The molecule has 0 aliphatic rings. The van der Waals surface area contributed by atoms with Crippen molar-refractivity contribution in [2.45, 2.75) is 12.1 Å². The summed E-state index contributed by atoms with van der Waals surface area (Å²) in [5.74, 6) is 1.13. The number of benzene rings is 2. The summed E-state index contributed by atoms with van der Waals surface area (Å²) in [6.45, 7) is 1.92. The summed E-state index contributed by atoms with van der Waals surface area (Å²) in [5.41, 5.74) is 2.79. The summed E-state index contributed by atoms with van der Waals surface area (Å²) in [5, 5.41) is 12.4. The minimum absolute atomic E-state index is 0.0795. The second-order valence-corrected chi connectivity index (χ2v) is 10.0. The van der Waals surface area contributed by atoms with Crippen molar-refractivity contribution in [1.29, 1.82) is 0 Å². The van der Waals surface area contributed by atoms with Gasteiger partial charge >= 0.3 is 5.97 Å². The first-order chi connectivity index (χ1) is 17.9. The first kappa shape index (κ1) is 26.2. The van der Waals surface area contributed by atoms with Gasteiger partial charge < -0.3 is 24.1 Å². The molecule has 11 heteroatoms. The van der Waals surface area contributed by atoms with E-state index in [1.165, 1.54) is 30.2 Å². The number of amides is 1. The maximum atomic E-state index is 12.9. The molecular weight excluding hydrogens is 512 g/mol. The Balaban J connectivity index is 1.51. The van der Waals surface area contributed by atoms with Gasteiger partial charge in [0, 0.05) is 23.1 Å². The van der Waals surface area contributed by atoms with E-state index < -0.39 is 5.97 Å². The van der Waals surface area contributed by atoms with Crippen LogP contribution >= 0.6 is 23.1 Å². The highest BCUT2D eigenvalue weighted by molar-refractivity contribution is 7.99. The summed E-state index contributed by atoms with van der Waals surface area (Å²) in [4.78, 5) is 26.4. The second kappa shape index (κ2) is 11.5. The van der Waals surface area contributed by atoms with Gasteiger partial charge in [-0.05, 0) is 30.7 Å². The van der Waals surface area contributed by atoms with E-state index in [4.69, 9.17) is 14.2 Å². The number of esters is 1. The maximum absolute atomic E-state index is 12.9. The number of hydrogen-bond acceptors (Lipinski definition) is 9. The van der Waals surface area contributed by atoms with Crippen LogP contribution in [0, 0.1) is 6.92 Å². The summed E-state index contributed by atoms with van der Waals surface area (Å²) >= 11 is 2.59. The van der Waals surface area contributed by atoms with E-state index in [0.717, 1.165) is 21.6 Å². The molecule has 9 nitrogen and oxygen atoms in total. The number of ether oxygens (including phenoxy) is 3. The third-order valence-electron chi connectivity index (χ3n) is 5.60. The van der Waals surface area contributed by atoms with Crippen LogP contribution in [-0.4, -0.2) is 53.7 Å². The molecule has 0 aliphatic heterocycles. The number of thiophene rings is 1. The monoisotopic (exact) mass is 538 g/mol. The van der Waals surface area contributed by atoms with Crippen LogP contribution in [0.3, 0.4) is 0 Å². The van der Waals surface area contributed by atoms with E-state index in [2.05, 4.69) is 15.5 Å². The number of carbonyl (C=O) groups excluding carboxylic acids is 2. The van der Waals surface area contributed by atoms with Crippen LogP contribution in [0.2, 0.25) is 0 Å². The molecule has 1 N–H and O–H groups in total. The van der Waals surface area contributed by atoms with Crippen LogP contribution in [0.5, 0.6) is 11.5 Å². The molecule has 0 atom stereocenters. The van der Waals surface area contributed by atoms with Gasteiger partial charge in [-0.15, -0.1) is 21.5 Å². The van der Waals surface area contributed by atoms with Gasteiger partial charge in [0.25, 0.3) is 0 Å². The van der Waals surface area contributed by atoms with E-state index in [-0.39, 0.29) is 11.7 Å². The lowest BCUT2D eigenvalue weighted by molar-refractivity contribution is -0.113. The van der Waals surface area contributed by atoms with Gasteiger partial charge in [-0.25, -0.2) is 4.79 Å². The molecule has 2 aromatic carbocycles. The smallest absolute Gasteiger partial charge is 0.341 e. The largest absolute Gasteiger partial charge is 0.493 e. The summed E-state index contributed by atoms with van der Waals surface area (Å²) in [6.07, 6.45) is 0. The molecule has 0 saturated carbocycles. The van der Waals surface area contributed by atoms with Gasteiger partial charge in [0.2, 0.25) is 5.91 Å². The van der Waals surface area contributed by atoms with Gasteiger partial charge in [0.05, 0.1) is 27.1 Å². The predicted molar refractivity (Wildman–Crippen MR) is 145 cm³/mol. The highest BCUT2D eigenvalue weighted by Crippen LogP contribution is 2.40. The molecule has 1 amide bonds. The van der Waals surface area contributed by atoms with Gasteiger partial charge in [-0.2, -0.15) is 0 Å². The molecule has 0 saturated heterocycles. The molecule has 4 aromatic rings. The lowest BCUT2D eigenvalue weighted by atomic mass is 10.0.